The van der Waals surface area contributed by atoms with E-state index in [9.17, 15) is 8.78 Å². The van der Waals surface area contributed by atoms with Crippen molar-refractivity contribution in [2.24, 2.45) is 16.5 Å². The van der Waals surface area contributed by atoms with Crippen LogP contribution in [0.25, 0.3) is 11.6 Å². The third kappa shape index (κ3) is 3.89. The Balaban J connectivity index is 1.20. The Bertz CT molecular complexity index is 1140. The lowest BCUT2D eigenvalue weighted by atomic mass is 10.2. The van der Waals surface area contributed by atoms with Crippen LogP contribution in [-0.2, 0) is 0 Å². The van der Waals surface area contributed by atoms with E-state index in [1.165, 1.54) is 23.1 Å². The van der Waals surface area contributed by atoms with Crippen molar-refractivity contribution in [3.05, 3.63) is 48.2 Å². The predicted molar refractivity (Wildman–Crippen MR) is 115 cm³/mol. The standard InChI is InChI=1S/C20H23F2N9O/c21-13-3-4-15(14(22)12-13)30-9-7-29(8-10-30)6-5-20(24)26-18(23)31-19(27-20)25-17(28-31)16-2-1-11-32-16/h1-4,11-12H,5-10,24H2,(H2,23,26)(H,25,27,28). The smallest absolute Gasteiger partial charge is 0.232 e. The van der Waals surface area contributed by atoms with Crippen molar-refractivity contribution in [2.75, 3.05) is 42.9 Å². The fourth-order valence-corrected chi connectivity index (χ4v) is 3.93. The van der Waals surface area contributed by atoms with Crippen LogP contribution in [0.3, 0.4) is 0 Å². The van der Waals surface area contributed by atoms with Crippen molar-refractivity contribution in [3.63, 3.8) is 0 Å². The van der Waals surface area contributed by atoms with Crippen LogP contribution in [0.2, 0.25) is 0 Å². The number of nitrogens with one attached hydrogen (secondary N) is 1. The number of rotatable bonds is 5. The first-order valence-electron chi connectivity index (χ1n) is 10.3. The summed E-state index contributed by atoms with van der Waals surface area (Å²) in [5, 5.41) is 7.42. The number of hydrogen-bond donors (Lipinski definition) is 3. The maximum absolute atomic E-state index is 14.1. The first kappa shape index (κ1) is 20.4. The van der Waals surface area contributed by atoms with E-state index >= 15 is 0 Å². The van der Waals surface area contributed by atoms with Crippen molar-refractivity contribution in [3.8, 4) is 11.6 Å². The fraction of sp³-hybridized carbons (Fsp3) is 0.350. The zero-order valence-corrected chi connectivity index (χ0v) is 17.2. The third-order valence-electron chi connectivity index (χ3n) is 5.64. The number of fused-ring (bicyclic) bond motifs is 1. The minimum atomic E-state index is -1.13. The summed E-state index contributed by atoms with van der Waals surface area (Å²) in [6, 6.07) is 7.16. The summed E-state index contributed by atoms with van der Waals surface area (Å²) in [5.41, 5.74) is 13.0. The van der Waals surface area contributed by atoms with E-state index in [0.717, 1.165) is 6.07 Å². The van der Waals surface area contributed by atoms with Gasteiger partial charge in [0, 0.05) is 45.2 Å². The van der Waals surface area contributed by atoms with Crippen molar-refractivity contribution in [2.45, 2.75) is 12.2 Å². The molecule has 5 N–H and O–H groups in total. The van der Waals surface area contributed by atoms with Crippen LogP contribution in [-0.4, -0.2) is 64.1 Å². The van der Waals surface area contributed by atoms with E-state index in [1.54, 1.807) is 12.1 Å². The Morgan fingerprint density at radius 2 is 1.97 bits per heavy atom. The highest BCUT2D eigenvalue weighted by atomic mass is 19.1. The van der Waals surface area contributed by atoms with E-state index in [0.29, 0.717) is 62.4 Å². The van der Waals surface area contributed by atoms with Crippen molar-refractivity contribution >= 4 is 17.6 Å². The lowest BCUT2D eigenvalue weighted by Crippen LogP contribution is -2.55. The van der Waals surface area contributed by atoms with Gasteiger partial charge >= 0.3 is 0 Å². The molecule has 32 heavy (non-hydrogen) atoms. The molecule has 168 valence electrons. The van der Waals surface area contributed by atoms with Gasteiger partial charge in [0.15, 0.2) is 11.5 Å². The fourth-order valence-electron chi connectivity index (χ4n) is 3.93. The summed E-state index contributed by atoms with van der Waals surface area (Å²) in [7, 11) is 0. The van der Waals surface area contributed by atoms with Gasteiger partial charge in [-0.15, -0.1) is 5.10 Å². The molecular formula is C20H23F2N9O. The predicted octanol–water partition coefficient (Wildman–Crippen LogP) is 1.23. The van der Waals surface area contributed by atoms with E-state index in [1.807, 2.05) is 4.90 Å². The van der Waals surface area contributed by atoms with E-state index < -0.39 is 17.4 Å². The normalized spacial score (nSPS) is 21.2. The summed E-state index contributed by atoms with van der Waals surface area (Å²) in [6.07, 6.45) is 2.01. The van der Waals surface area contributed by atoms with Crippen molar-refractivity contribution in [1.29, 1.82) is 0 Å². The third-order valence-corrected chi connectivity index (χ3v) is 5.64. The van der Waals surface area contributed by atoms with Crippen LogP contribution < -0.4 is 21.7 Å². The molecule has 4 heterocycles. The molecule has 0 bridgehead atoms. The van der Waals surface area contributed by atoms with Gasteiger partial charge in [0.2, 0.25) is 17.7 Å². The molecule has 0 amide bonds. The first-order valence-corrected chi connectivity index (χ1v) is 10.3. The monoisotopic (exact) mass is 443 g/mol. The molecule has 1 aromatic carbocycles. The first-order chi connectivity index (χ1) is 15.4. The SMILES string of the molecule is NC1=NC(N)(CCN2CCN(c3ccc(F)cc3F)CC2)Nc2nc(-c3ccco3)nn21. The highest BCUT2D eigenvalue weighted by molar-refractivity contribution is 5.84. The Hall–Kier alpha value is -3.51. The second kappa shape index (κ2) is 7.88. The topological polar surface area (TPSA) is 127 Å². The van der Waals surface area contributed by atoms with Crippen molar-refractivity contribution < 1.29 is 13.2 Å². The van der Waals surface area contributed by atoms with E-state index in [4.69, 9.17) is 15.9 Å². The van der Waals surface area contributed by atoms with Crippen LogP contribution in [0.5, 0.6) is 0 Å². The van der Waals surface area contributed by atoms with Gasteiger partial charge in [-0.2, -0.15) is 9.67 Å². The molecule has 0 aliphatic carbocycles. The van der Waals surface area contributed by atoms with Crippen LogP contribution in [0.4, 0.5) is 20.4 Å². The molecule has 5 rings (SSSR count). The molecule has 0 radical (unpaired) electrons. The zero-order chi connectivity index (χ0) is 22.3. The second-order valence-electron chi connectivity index (χ2n) is 7.84. The van der Waals surface area contributed by atoms with Gasteiger partial charge in [-0.3, -0.25) is 10.6 Å². The molecule has 2 aliphatic heterocycles. The molecule has 0 saturated carbocycles. The summed E-state index contributed by atoms with van der Waals surface area (Å²) >= 11 is 0. The minimum absolute atomic E-state index is 0.142. The van der Waals surface area contributed by atoms with Gasteiger partial charge in [-0.25, -0.2) is 13.8 Å². The minimum Gasteiger partial charge on any atom is -0.461 e. The number of aromatic nitrogens is 3. The van der Waals surface area contributed by atoms with Gasteiger partial charge in [0.05, 0.1) is 12.0 Å². The molecule has 0 spiro atoms. The summed E-state index contributed by atoms with van der Waals surface area (Å²) in [4.78, 5) is 12.9. The van der Waals surface area contributed by atoms with Gasteiger partial charge in [-0.1, -0.05) is 0 Å². The number of benzene rings is 1. The zero-order valence-electron chi connectivity index (χ0n) is 17.2. The molecule has 1 unspecified atom stereocenters. The molecular weight excluding hydrogens is 420 g/mol. The quantitative estimate of drug-likeness (QED) is 0.538. The largest absolute Gasteiger partial charge is 0.461 e. The lowest BCUT2D eigenvalue weighted by molar-refractivity contribution is 0.233. The number of aliphatic imine (C=N–C) groups is 1. The van der Waals surface area contributed by atoms with Crippen LogP contribution in [0, 0.1) is 11.6 Å². The van der Waals surface area contributed by atoms with Crippen molar-refractivity contribution in [1.82, 2.24) is 19.7 Å². The number of furan rings is 1. The maximum Gasteiger partial charge on any atom is 0.232 e. The van der Waals surface area contributed by atoms with Gasteiger partial charge in [-0.05, 0) is 24.3 Å². The Morgan fingerprint density at radius 1 is 1.16 bits per heavy atom. The maximum atomic E-state index is 14.1. The number of nitrogens with zero attached hydrogens (tertiary/aromatic N) is 6. The Kier molecular flexibility index (Phi) is 5.02. The van der Waals surface area contributed by atoms with Gasteiger partial charge in [0.1, 0.15) is 11.6 Å². The summed E-state index contributed by atoms with van der Waals surface area (Å²) in [5.74, 6) is -0.832. The highest BCUT2D eigenvalue weighted by Crippen LogP contribution is 2.25. The van der Waals surface area contributed by atoms with Gasteiger partial charge < -0.3 is 20.4 Å². The second-order valence-corrected chi connectivity index (χ2v) is 7.84. The molecule has 2 aromatic heterocycles. The average molecular weight is 443 g/mol. The van der Waals surface area contributed by atoms with Crippen LogP contribution in [0.15, 0.2) is 46.0 Å². The molecule has 10 nitrogen and oxygen atoms in total. The number of piperazine rings is 1. The molecule has 1 atom stereocenters. The van der Waals surface area contributed by atoms with Gasteiger partial charge in [0.25, 0.3) is 0 Å². The number of nitrogens with two attached hydrogens (primary N) is 2. The molecule has 2 aliphatic rings. The van der Waals surface area contributed by atoms with E-state index in [-0.39, 0.29) is 5.96 Å². The highest BCUT2D eigenvalue weighted by Gasteiger charge is 2.33. The molecule has 3 aromatic rings. The van der Waals surface area contributed by atoms with E-state index in [2.05, 4.69) is 25.3 Å². The summed E-state index contributed by atoms with van der Waals surface area (Å²) in [6.45, 7) is 3.33. The van der Waals surface area contributed by atoms with Crippen LogP contribution in [0.1, 0.15) is 6.42 Å². The Labute approximate surface area is 182 Å². The molecule has 12 heteroatoms. The number of anilines is 2. The summed E-state index contributed by atoms with van der Waals surface area (Å²) < 4.78 is 33.9. The lowest BCUT2D eigenvalue weighted by Gasteiger charge is -2.38. The van der Waals surface area contributed by atoms with Crippen LogP contribution >= 0.6 is 0 Å². The number of hydrogen-bond acceptors (Lipinski definition) is 9. The average Bonchev–Trinajstić information content (AvgIpc) is 3.43. The number of halogens is 2. The molecule has 1 fully saturated rings. The molecule has 1 saturated heterocycles. The Morgan fingerprint density at radius 3 is 2.69 bits per heavy atom.